The summed E-state index contributed by atoms with van der Waals surface area (Å²) in [5.74, 6) is -0.193. The zero-order chi connectivity index (χ0) is 13.8. The number of benzene rings is 1. The molecular formula is C13H12BrN3O2. The number of carbonyl (C=O) groups is 1. The number of nitrogens with zero attached hydrogens (tertiary/aromatic N) is 1. The highest BCUT2D eigenvalue weighted by molar-refractivity contribution is 9.10. The number of rotatable bonds is 3. The maximum Gasteiger partial charge on any atom is 0.244 e. The Labute approximate surface area is 118 Å². The van der Waals surface area contributed by atoms with E-state index < -0.39 is 0 Å². The lowest BCUT2D eigenvalue weighted by molar-refractivity contribution is -0.116. The van der Waals surface area contributed by atoms with E-state index in [-0.39, 0.29) is 23.6 Å². The number of nitrogen functional groups attached to an aromatic ring is 1. The Bertz CT molecular complexity index is 667. The summed E-state index contributed by atoms with van der Waals surface area (Å²) in [6, 6.07) is 8.64. The van der Waals surface area contributed by atoms with Crippen molar-refractivity contribution >= 4 is 33.2 Å². The zero-order valence-corrected chi connectivity index (χ0v) is 11.6. The van der Waals surface area contributed by atoms with Gasteiger partial charge in [-0.25, -0.2) is 0 Å². The summed E-state index contributed by atoms with van der Waals surface area (Å²) < 4.78 is 2.45. The quantitative estimate of drug-likeness (QED) is 0.905. The number of amides is 1. The van der Waals surface area contributed by atoms with Crippen LogP contribution in [-0.4, -0.2) is 10.5 Å². The number of hydrogen-bond acceptors (Lipinski definition) is 3. The van der Waals surface area contributed by atoms with Gasteiger partial charge in [-0.15, -0.1) is 0 Å². The van der Waals surface area contributed by atoms with Crippen molar-refractivity contribution in [3.05, 3.63) is 57.4 Å². The first-order valence-electron chi connectivity index (χ1n) is 5.55. The van der Waals surface area contributed by atoms with Crippen molar-refractivity contribution in [1.29, 1.82) is 0 Å². The molecule has 1 aromatic heterocycles. The van der Waals surface area contributed by atoms with Crippen molar-refractivity contribution in [3.8, 4) is 0 Å². The van der Waals surface area contributed by atoms with Gasteiger partial charge in [0.25, 0.3) is 0 Å². The molecular weight excluding hydrogens is 310 g/mol. The molecule has 2 aromatic rings. The van der Waals surface area contributed by atoms with E-state index in [0.717, 1.165) is 4.47 Å². The molecule has 0 bridgehead atoms. The van der Waals surface area contributed by atoms with Crippen LogP contribution in [-0.2, 0) is 11.3 Å². The van der Waals surface area contributed by atoms with Crippen LogP contribution >= 0.6 is 15.9 Å². The maximum absolute atomic E-state index is 11.8. The van der Waals surface area contributed by atoms with Crippen LogP contribution in [0.15, 0.2) is 52.0 Å². The highest BCUT2D eigenvalue weighted by Crippen LogP contribution is 2.15. The molecule has 19 heavy (non-hydrogen) atoms. The molecule has 0 spiro atoms. The second kappa shape index (κ2) is 5.71. The van der Waals surface area contributed by atoms with Crippen LogP contribution in [0.1, 0.15) is 0 Å². The van der Waals surface area contributed by atoms with Gasteiger partial charge in [0.1, 0.15) is 6.54 Å². The summed E-state index contributed by atoms with van der Waals surface area (Å²) >= 11 is 3.33. The van der Waals surface area contributed by atoms with Gasteiger partial charge in [0, 0.05) is 28.6 Å². The minimum Gasteiger partial charge on any atom is -0.394 e. The number of pyridine rings is 1. The molecule has 6 heteroatoms. The number of nitrogens with two attached hydrogens (primary N) is 1. The molecule has 0 aliphatic rings. The van der Waals surface area contributed by atoms with E-state index >= 15 is 0 Å². The van der Waals surface area contributed by atoms with Crippen molar-refractivity contribution in [1.82, 2.24) is 4.57 Å². The summed E-state index contributed by atoms with van der Waals surface area (Å²) in [7, 11) is 0. The molecule has 0 aliphatic heterocycles. The van der Waals surface area contributed by atoms with E-state index in [1.54, 1.807) is 16.7 Å². The smallest absolute Gasteiger partial charge is 0.244 e. The molecule has 5 nitrogen and oxygen atoms in total. The lowest BCUT2D eigenvalue weighted by Crippen LogP contribution is -2.20. The van der Waals surface area contributed by atoms with Crippen LogP contribution < -0.4 is 16.5 Å². The van der Waals surface area contributed by atoms with Gasteiger partial charge in [-0.2, -0.15) is 0 Å². The largest absolute Gasteiger partial charge is 0.394 e. The summed E-state index contributed by atoms with van der Waals surface area (Å²) in [6.45, 7) is 0.0942. The van der Waals surface area contributed by atoms with Gasteiger partial charge in [-0.3, -0.25) is 9.59 Å². The Morgan fingerprint density at radius 2 is 2.16 bits per heavy atom. The van der Waals surface area contributed by atoms with Gasteiger partial charge < -0.3 is 15.6 Å². The molecule has 1 aromatic carbocycles. The molecule has 0 aliphatic carbocycles. The lowest BCUT2D eigenvalue weighted by atomic mass is 10.3. The molecule has 0 saturated heterocycles. The van der Waals surface area contributed by atoms with Crippen molar-refractivity contribution < 1.29 is 4.79 Å². The molecule has 0 unspecified atom stereocenters. The number of aromatic nitrogens is 1. The summed E-state index contributed by atoms with van der Waals surface area (Å²) in [5, 5.41) is 2.76. The minimum atomic E-state index is -0.247. The lowest BCUT2D eigenvalue weighted by Gasteiger charge is -2.08. The molecule has 1 heterocycles. The highest BCUT2D eigenvalue weighted by Gasteiger charge is 2.04. The number of carbonyl (C=O) groups excluding carboxylic acids is 1. The molecule has 0 fully saturated rings. The standard InChI is InChI=1S/C13H12BrN3O2/c14-9-2-1-3-10(6-9)16-13(19)8-17-5-4-12(18)11(15)7-17/h1-7H,8,15H2,(H,16,19). The van der Waals surface area contributed by atoms with E-state index in [2.05, 4.69) is 21.2 Å². The highest BCUT2D eigenvalue weighted by atomic mass is 79.9. The number of nitrogens with one attached hydrogen (secondary N) is 1. The maximum atomic E-state index is 11.8. The molecule has 1 amide bonds. The van der Waals surface area contributed by atoms with E-state index in [1.165, 1.54) is 18.5 Å². The third-order valence-corrected chi connectivity index (χ3v) is 2.93. The van der Waals surface area contributed by atoms with Crippen LogP contribution in [0.2, 0.25) is 0 Å². The Morgan fingerprint density at radius 3 is 2.84 bits per heavy atom. The average Bonchev–Trinajstić information content (AvgIpc) is 2.34. The first-order valence-corrected chi connectivity index (χ1v) is 6.35. The molecule has 0 radical (unpaired) electrons. The zero-order valence-electron chi connectivity index (χ0n) is 9.97. The molecule has 3 N–H and O–H groups in total. The Balaban J connectivity index is 2.05. The van der Waals surface area contributed by atoms with Crippen molar-refractivity contribution in [3.63, 3.8) is 0 Å². The van der Waals surface area contributed by atoms with Gasteiger partial charge in [0.05, 0.1) is 5.69 Å². The van der Waals surface area contributed by atoms with E-state index in [0.29, 0.717) is 5.69 Å². The number of hydrogen-bond donors (Lipinski definition) is 2. The van der Waals surface area contributed by atoms with Crippen molar-refractivity contribution in [2.75, 3.05) is 11.1 Å². The van der Waals surface area contributed by atoms with Crippen LogP contribution in [0.4, 0.5) is 11.4 Å². The third-order valence-electron chi connectivity index (χ3n) is 2.44. The molecule has 0 saturated carbocycles. The first-order chi connectivity index (χ1) is 9.04. The van der Waals surface area contributed by atoms with E-state index in [9.17, 15) is 9.59 Å². The average molecular weight is 322 g/mol. The van der Waals surface area contributed by atoms with Crippen molar-refractivity contribution in [2.45, 2.75) is 6.54 Å². The Hall–Kier alpha value is -2.08. The van der Waals surface area contributed by atoms with Gasteiger partial charge >= 0.3 is 0 Å². The summed E-state index contributed by atoms with van der Waals surface area (Å²) in [5.41, 5.74) is 6.08. The second-order valence-corrected chi connectivity index (χ2v) is 4.91. The van der Waals surface area contributed by atoms with E-state index in [4.69, 9.17) is 5.73 Å². The normalized spacial score (nSPS) is 10.2. The van der Waals surface area contributed by atoms with Gasteiger partial charge in [0.2, 0.25) is 11.3 Å². The molecule has 98 valence electrons. The topological polar surface area (TPSA) is 77.1 Å². The summed E-state index contributed by atoms with van der Waals surface area (Å²) in [6.07, 6.45) is 2.97. The fourth-order valence-electron chi connectivity index (χ4n) is 1.58. The SMILES string of the molecule is Nc1cn(CC(=O)Nc2cccc(Br)c2)ccc1=O. The van der Waals surface area contributed by atoms with Gasteiger partial charge in [0.15, 0.2) is 0 Å². The minimum absolute atomic E-state index is 0.0942. The Kier molecular flexibility index (Phi) is 4.01. The summed E-state index contributed by atoms with van der Waals surface area (Å²) in [4.78, 5) is 23.0. The van der Waals surface area contributed by atoms with Crippen LogP contribution in [0.25, 0.3) is 0 Å². The van der Waals surface area contributed by atoms with Crippen molar-refractivity contribution in [2.24, 2.45) is 0 Å². The van der Waals surface area contributed by atoms with Crippen LogP contribution in [0, 0.1) is 0 Å². The monoisotopic (exact) mass is 321 g/mol. The number of anilines is 2. The Morgan fingerprint density at radius 1 is 1.37 bits per heavy atom. The number of halogens is 1. The molecule has 2 rings (SSSR count). The van der Waals surface area contributed by atoms with Gasteiger partial charge in [-0.05, 0) is 18.2 Å². The fourth-order valence-corrected chi connectivity index (χ4v) is 1.98. The second-order valence-electron chi connectivity index (χ2n) is 4.00. The predicted molar refractivity (Wildman–Crippen MR) is 77.9 cm³/mol. The predicted octanol–water partition coefficient (Wildman–Crippen LogP) is 1.83. The third kappa shape index (κ3) is 3.69. The van der Waals surface area contributed by atoms with Crippen LogP contribution in [0.5, 0.6) is 0 Å². The van der Waals surface area contributed by atoms with E-state index in [1.807, 2.05) is 12.1 Å². The first kappa shape index (κ1) is 13.4. The van der Waals surface area contributed by atoms with Gasteiger partial charge in [-0.1, -0.05) is 22.0 Å². The fraction of sp³-hybridized carbons (Fsp3) is 0.0769. The van der Waals surface area contributed by atoms with Crippen LogP contribution in [0.3, 0.4) is 0 Å². The molecule has 0 atom stereocenters.